The molecule has 20 heavy (non-hydrogen) atoms. The van der Waals surface area contributed by atoms with Gasteiger partial charge in [-0.05, 0) is 18.2 Å². The highest BCUT2D eigenvalue weighted by Crippen LogP contribution is 2.32. The summed E-state index contributed by atoms with van der Waals surface area (Å²) in [5.41, 5.74) is -0.616. The molecule has 0 aliphatic heterocycles. The van der Waals surface area contributed by atoms with Crippen molar-refractivity contribution >= 4 is 35.2 Å². The van der Waals surface area contributed by atoms with Crippen LogP contribution < -0.4 is 4.90 Å². The molecule has 0 N–H and O–H groups in total. The van der Waals surface area contributed by atoms with E-state index in [0.29, 0.717) is 11.4 Å². The van der Waals surface area contributed by atoms with E-state index in [1.54, 1.807) is 0 Å². The molecule has 0 unspecified atom stereocenters. The summed E-state index contributed by atoms with van der Waals surface area (Å²) >= 11 is 5.67. The number of carbonyl (C=O) groups is 1. The Bertz CT molecular complexity index is 663. The number of pyridine rings is 1. The number of amides is 1. The predicted octanol–water partition coefficient (Wildman–Crippen LogP) is 3.08. The zero-order valence-corrected chi connectivity index (χ0v) is 10.6. The molecule has 0 aliphatic rings. The van der Waals surface area contributed by atoms with Gasteiger partial charge in [-0.25, -0.2) is 9.37 Å². The van der Waals surface area contributed by atoms with Crippen LogP contribution in [-0.2, 0) is 4.79 Å². The van der Waals surface area contributed by atoms with E-state index >= 15 is 0 Å². The van der Waals surface area contributed by atoms with Crippen molar-refractivity contribution in [3.05, 3.63) is 57.5 Å². The monoisotopic (exact) mass is 295 g/mol. The lowest BCUT2D eigenvalue weighted by Gasteiger charge is -2.16. The van der Waals surface area contributed by atoms with Crippen LogP contribution in [0.25, 0.3) is 0 Å². The first-order chi connectivity index (χ1) is 9.52. The molecule has 0 atom stereocenters. The fourth-order valence-electron chi connectivity index (χ4n) is 1.59. The number of nitrogens with zero attached hydrogens (tertiary/aromatic N) is 3. The molecule has 2 rings (SSSR count). The van der Waals surface area contributed by atoms with Crippen LogP contribution in [0.4, 0.5) is 21.6 Å². The Labute approximate surface area is 117 Å². The Hall–Kier alpha value is -2.54. The fraction of sp³-hybridized carbons (Fsp3) is 0. The summed E-state index contributed by atoms with van der Waals surface area (Å²) in [7, 11) is 0. The van der Waals surface area contributed by atoms with E-state index in [-0.39, 0.29) is 11.5 Å². The number of benzene rings is 1. The van der Waals surface area contributed by atoms with Gasteiger partial charge in [0.2, 0.25) is 6.41 Å². The maximum atomic E-state index is 13.3. The van der Waals surface area contributed by atoms with Crippen LogP contribution in [0.2, 0.25) is 5.02 Å². The van der Waals surface area contributed by atoms with Crippen molar-refractivity contribution in [3.63, 3.8) is 0 Å². The molecule has 0 fully saturated rings. The molecular formula is C12H7ClFN3O3. The van der Waals surface area contributed by atoms with Gasteiger partial charge in [0.25, 0.3) is 5.69 Å². The van der Waals surface area contributed by atoms with Crippen LogP contribution in [0, 0.1) is 15.9 Å². The number of aromatic nitrogens is 1. The van der Waals surface area contributed by atoms with Crippen molar-refractivity contribution < 1.29 is 14.1 Å². The lowest BCUT2D eigenvalue weighted by atomic mass is 10.2. The summed E-state index contributed by atoms with van der Waals surface area (Å²) in [6.45, 7) is 0. The van der Waals surface area contributed by atoms with Crippen molar-refractivity contribution in [3.8, 4) is 0 Å². The molecule has 0 saturated heterocycles. The van der Waals surface area contributed by atoms with E-state index in [0.717, 1.165) is 23.1 Å². The summed E-state index contributed by atoms with van der Waals surface area (Å²) in [5.74, 6) is -0.607. The van der Waals surface area contributed by atoms with Crippen molar-refractivity contribution in [2.75, 3.05) is 4.90 Å². The van der Waals surface area contributed by atoms with Gasteiger partial charge in [-0.3, -0.25) is 19.8 Å². The van der Waals surface area contributed by atoms with Gasteiger partial charge in [0.05, 0.1) is 9.95 Å². The van der Waals surface area contributed by atoms with Crippen LogP contribution >= 0.6 is 11.6 Å². The quantitative estimate of drug-likeness (QED) is 0.493. The lowest BCUT2D eigenvalue weighted by Crippen LogP contribution is -2.17. The number of carbonyl (C=O) groups excluding carboxylic acids is 1. The zero-order chi connectivity index (χ0) is 14.7. The minimum atomic E-state index is -0.707. The van der Waals surface area contributed by atoms with Crippen LogP contribution in [0.1, 0.15) is 0 Å². The first kappa shape index (κ1) is 13.9. The summed E-state index contributed by atoms with van der Waals surface area (Å²) < 4.78 is 13.3. The number of anilines is 2. The molecule has 1 heterocycles. The minimum Gasteiger partial charge on any atom is -0.278 e. The number of nitro benzene ring substituents is 1. The van der Waals surface area contributed by atoms with Gasteiger partial charge in [0, 0.05) is 18.3 Å². The second-order valence-electron chi connectivity index (χ2n) is 3.70. The van der Waals surface area contributed by atoms with Crippen LogP contribution in [0.3, 0.4) is 0 Å². The Morgan fingerprint density at radius 3 is 2.65 bits per heavy atom. The Morgan fingerprint density at radius 1 is 1.35 bits per heavy atom. The van der Waals surface area contributed by atoms with Crippen molar-refractivity contribution in [2.24, 2.45) is 0 Å². The van der Waals surface area contributed by atoms with E-state index in [9.17, 15) is 19.3 Å². The Kier molecular flexibility index (Phi) is 3.90. The summed E-state index contributed by atoms with van der Waals surface area (Å²) in [4.78, 5) is 26.2. The SMILES string of the molecule is O=CN(c1ccc(Cl)cn1)c1cc(F)ccc1[N+](=O)[O-]. The van der Waals surface area contributed by atoms with Crippen molar-refractivity contribution in [2.45, 2.75) is 0 Å². The van der Waals surface area contributed by atoms with Gasteiger partial charge in [-0.15, -0.1) is 0 Å². The number of hydrogen-bond acceptors (Lipinski definition) is 4. The van der Waals surface area contributed by atoms with Crippen molar-refractivity contribution in [1.82, 2.24) is 4.98 Å². The molecular weight excluding hydrogens is 289 g/mol. The minimum absolute atomic E-state index is 0.0955. The van der Waals surface area contributed by atoms with Crippen LogP contribution in [0.5, 0.6) is 0 Å². The molecule has 0 bridgehead atoms. The summed E-state index contributed by atoms with van der Waals surface area (Å²) in [6.07, 6.45) is 1.59. The van der Waals surface area contributed by atoms with Crippen molar-refractivity contribution in [1.29, 1.82) is 0 Å². The highest BCUT2D eigenvalue weighted by atomic mass is 35.5. The molecule has 102 valence electrons. The standard InChI is InChI=1S/C12H7ClFN3O3/c13-8-1-4-12(15-6-8)16(7-18)11-5-9(14)2-3-10(11)17(19)20/h1-7H. The van der Waals surface area contributed by atoms with Gasteiger partial charge in [-0.2, -0.15) is 0 Å². The molecule has 6 nitrogen and oxygen atoms in total. The molecule has 1 aromatic carbocycles. The maximum absolute atomic E-state index is 13.3. The van der Waals surface area contributed by atoms with E-state index in [1.165, 1.54) is 18.3 Å². The van der Waals surface area contributed by atoms with E-state index < -0.39 is 16.4 Å². The lowest BCUT2D eigenvalue weighted by molar-refractivity contribution is -0.384. The normalized spacial score (nSPS) is 10.1. The highest BCUT2D eigenvalue weighted by molar-refractivity contribution is 6.30. The number of rotatable bonds is 4. The third kappa shape index (κ3) is 2.72. The third-order valence-corrected chi connectivity index (χ3v) is 2.68. The number of nitro groups is 1. The maximum Gasteiger partial charge on any atom is 0.293 e. The van der Waals surface area contributed by atoms with Gasteiger partial charge in [0.1, 0.15) is 17.3 Å². The molecule has 8 heteroatoms. The average Bonchev–Trinajstić information content (AvgIpc) is 2.41. The Balaban J connectivity index is 2.56. The number of hydrogen-bond donors (Lipinski definition) is 0. The highest BCUT2D eigenvalue weighted by Gasteiger charge is 2.22. The second-order valence-corrected chi connectivity index (χ2v) is 4.14. The van der Waals surface area contributed by atoms with E-state index in [4.69, 9.17) is 11.6 Å². The molecule has 1 aromatic heterocycles. The third-order valence-electron chi connectivity index (χ3n) is 2.46. The van der Waals surface area contributed by atoms with Gasteiger partial charge in [-0.1, -0.05) is 11.6 Å². The molecule has 0 aliphatic carbocycles. The zero-order valence-electron chi connectivity index (χ0n) is 9.86. The predicted molar refractivity (Wildman–Crippen MR) is 70.5 cm³/mol. The number of halogens is 2. The molecule has 1 amide bonds. The molecule has 0 spiro atoms. The largest absolute Gasteiger partial charge is 0.293 e. The van der Waals surface area contributed by atoms with Gasteiger partial charge < -0.3 is 0 Å². The van der Waals surface area contributed by atoms with Crippen LogP contribution in [0.15, 0.2) is 36.5 Å². The second kappa shape index (κ2) is 5.62. The molecule has 0 saturated carbocycles. The summed E-state index contributed by atoms with van der Waals surface area (Å²) in [5, 5.41) is 11.3. The van der Waals surface area contributed by atoms with Gasteiger partial charge >= 0.3 is 0 Å². The Morgan fingerprint density at radius 2 is 2.10 bits per heavy atom. The average molecular weight is 296 g/mol. The topological polar surface area (TPSA) is 76.3 Å². The fourth-order valence-corrected chi connectivity index (χ4v) is 1.70. The molecule has 0 radical (unpaired) electrons. The van der Waals surface area contributed by atoms with Crippen LogP contribution in [-0.4, -0.2) is 16.3 Å². The summed E-state index contributed by atoms with van der Waals surface area (Å²) in [6, 6.07) is 5.68. The van der Waals surface area contributed by atoms with E-state index in [2.05, 4.69) is 4.98 Å². The molecule has 2 aromatic rings. The van der Waals surface area contributed by atoms with Gasteiger partial charge in [0.15, 0.2) is 0 Å². The van der Waals surface area contributed by atoms with E-state index in [1.807, 2.05) is 0 Å². The smallest absolute Gasteiger partial charge is 0.278 e. The first-order valence-electron chi connectivity index (χ1n) is 5.33. The first-order valence-corrected chi connectivity index (χ1v) is 5.70.